The number of carbonyl (C=O) groups excluding carboxylic acids is 1. The van der Waals surface area contributed by atoms with Crippen LogP contribution < -0.4 is 11.1 Å². The lowest BCUT2D eigenvalue weighted by Gasteiger charge is -2.58. The zero-order valence-corrected chi connectivity index (χ0v) is 14.5. The maximum absolute atomic E-state index is 11.9. The summed E-state index contributed by atoms with van der Waals surface area (Å²) >= 11 is 6.34. The highest BCUT2D eigenvalue weighted by atomic mass is 35.5. The quantitative estimate of drug-likeness (QED) is 0.675. The summed E-state index contributed by atoms with van der Waals surface area (Å²) in [5.41, 5.74) is 6.77. The Labute approximate surface area is 150 Å². The third-order valence-corrected chi connectivity index (χ3v) is 6.77. The highest BCUT2D eigenvalue weighted by Gasteiger charge is 2.54. The van der Waals surface area contributed by atoms with Gasteiger partial charge in [-0.1, -0.05) is 11.6 Å². The number of anilines is 1. The lowest BCUT2D eigenvalue weighted by molar-refractivity contribution is -0.129. The first-order chi connectivity index (χ1) is 11.9. The molecule has 5 N–H and O–H groups in total. The van der Waals surface area contributed by atoms with E-state index in [1.165, 1.54) is 6.20 Å². The number of amides is 1. The summed E-state index contributed by atoms with van der Waals surface area (Å²) in [5, 5.41) is 15.6. The minimum absolute atomic E-state index is 0.228. The molecule has 4 bridgehead atoms. The minimum atomic E-state index is -0.517. The maximum Gasteiger partial charge on any atom is 0.252 e. The van der Waals surface area contributed by atoms with Gasteiger partial charge in [0, 0.05) is 18.4 Å². The van der Waals surface area contributed by atoms with Crippen LogP contribution >= 0.6 is 11.6 Å². The van der Waals surface area contributed by atoms with E-state index in [9.17, 15) is 9.90 Å². The molecule has 1 amide bonds. The SMILES string of the molecule is NC(=O)c1cnc2[nH]cc(Cl)c2c1NC1[C@@H]2CC3C[C@H]1CC(O)(C3)C2. The van der Waals surface area contributed by atoms with Crippen molar-refractivity contribution in [2.75, 3.05) is 5.32 Å². The van der Waals surface area contributed by atoms with Crippen LogP contribution in [0.4, 0.5) is 5.69 Å². The zero-order chi connectivity index (χ0) is 17.3. The number of nitrogens with one attached hydrogen (secondary N) is 2. The molecule has 6 rings (SSSR count). The molecular formula is C18H21ClN4O2. The number of carbonyl (C=O) groups is 1. The van der Waals surface area contributed by atoms with E-state index in [2.05, 4.69) is 15.3 Å². The summed E-state index contributed by atoms with van der Waals surface area (Å²) in [7, 11) is 0. The van der Waals surface area contributed by atoms with Crippen molar-refractivity contribution >= 4 is 34.2 Å². The van der Waals surface area contributed by atoms with Crippen LogP contribution in [0.2, 0.25) is 5.02 Å². The first kappa shape index (κ1) is 15.5. The second-order valence-corrected chi connectivity index (χ2v) is 8.54. The molecule has 6 nitrogen and oxygen atoms in total. The smallest absolute Gasteiger partial charge is 0.252 e. The van der Waals surface area contributed by atoms with Crippen molar-refractivity contribution in [1.82, 2.24) is 9.97 Å². The molecule has 4 aliphatic carbocycles. The summed E-state index contributed by atoms with van der Waals surface area (Å²) in [6.07, 6.45) is 8.06. The second kappa shape index (κ2) is 5.11. The monoisotopic (exact) mass is 360 g/mol. The maximum atomic E-state index is 11.9. The summed E-state index contributed by atoms with van der Waals surface area (Å²) < 4.78 is 0. The Kier molecular flexibility index (Phi) is 3.16. The number of hydrogen-bond donors (Lipinski definition) is 4. The highest BCUT2D eigenvalue weighted by molar-refractivity contribution is 6.37. The van der Waals surface area contributed by atoms with Crippen LogP contribution in [-0.4, -0.2) is 32.6 Å². The predicted molar refractivity (Wildman–Crippen MR) is 95.5 cm³/mol. The molecule has 5 atom stereocenters. The van der Waals surface area contributed by atoms with Crippen molar-refractivity contribution in [3.8, 4) is 0 Å². The van der Waals surface area contributed by atoms with E-state index < -0.39 is 11.5 Å². The molecule has 0 spiro atoms. The van der Waals surface area contributed by atoms with E-state index in [0.717, 1.165) is 32.1 Å². The lowest BCUT2D eigenvalue weighted by atomic mass is 9.52. The van der Waals surface area contributed by atoms with Gasteiger partial charge in [0.2, 0.25) is 0 Å². The van der Waals surface area contributed by atoms with E-state index in [1.54, 1.807) is 6.20 Å². The predicted octanol–water partition coefficient (Wildman–Crippen LogP) is 2.67. The molecule has 3 unspecified atom stereocenters. The summed E-state index contributed by atoms with van der Waals surface area (Å²) in [6, 6.07) is 0.228. The van der Waals surface area contributed by atoms with E-state index in [-0.39, 0.29) is 6.04 Å². The van der Waals surface area contributed by atoms with E-state index in [0.29, 0.717) is 45.1 Å². The summed E-state index contributed by atoms with van der Waals surface area (Å²) in [6.45, 7) is 0. The summed E-state index contributed by atoms with van der Waals surface area (Å²) in [4.78, 5) is 19.2. The first-order valence-electron chi connectivity index (χ1n) is 8.88. The number of aromatic nitrogens is 2. The molecule has 2 aromatic rings. The third kappa shape index (κ3) is 2.27. The Bertz CT molecular complexity index is 863. The molecular weight excluding hydrogens is 340 g/mol. The Balaban J connectivity index is 1.57. The molecule has 0 saturated heterocycles. The number of pyridine rings is 1. The van der Waals surface area contributed by atoms with Gasteiger partial charge >= 0.3 is 0 Å². The molecule has 0 radical (unpaired) electrons. The van der Waals surface area contributed by atoms with Crippen LogP contribution in [0, 0.1) is 17.8 Å². The number of nitrogens with two attached hydrogens (primary N) is 1. The zero-order valence-electron chi connectivity index (χ0n) is 13.8. The fourth-order valence-electron chi connectivity index (χ4n) is 5.78. The number of aliphatic hydroxyl groups is 1. The van der Waals surface area contributed by atoms with Crippen molar-refractivity contribution in [3.63, 3.8) is 0 Å². The lowest BCUT2D eigenvalue weighted by Crippen LogP contribution is -2.59. The molecule has 2 aromatic heterocycles. The minimum Gasteiger partial charge on any atom is -0.390 e. The van der Waals surface area contributed by atoms with Gasteiger partial charge in [0.25, 0.3) is 5.91 Å². The van der Waals surface area contributed by atoms with Gasteiger partial charge in [-0.2, -0.15) is 0 Å². The van der Waals surface area contributed by atoms with Gasteiger partial charge in [-0.25, -0.2) is 4.98 Å². The average Bonchev–Trinajstić information content (AvgIpc) is 2.90. The number of aromatic amines is 1. The van der Waals surface area contributed by atoms with Crippen molar-refractivity contribution in [2.24, 2.45) is 23.5 Å². The Morgan fingerprint density at radius 2 is 2.08 bits per heavy atom. The van der Waals surface area contributed by atoms with Crippen molar-refractivity contribution in [1.29, 1.82) is 0 Å². The first-order valence-corrected chi connectivity index (χ1v) is 9.25. The van der Waals surface area contributed by atoms with Gasteiger partial charge in [-0.05, 0) is 49.9 Å². The van der Waals surface area contributed by atoms with E-state index in [1.807, 2.05) is 0 Å². The molecule has 7 heteroatoms. The van der Waals surface area contributed by atoms with Gasteiger partial charge in [0.05, 0.1) is 27.3 Å². The molecule has 25 heavy (non-hydrogen) atoms. The average molecular weight is 361 g/mol. The Morgan fingerprint density at radius 3 is 2.72 bits per heavy atom. The summed E-state index contributed by atoms with van der Waals surface area (Å²) in [5.74, 6) is 0.942. The van der Waals surface area contributed by atoms with Gasteiger partial charge in [0.1, 0.15) is 5.65 Å². The Hall–Kier alpha value is -1.79. The van der Waals surface area contributed by atoms with Gasteiger partial charge in [0.15, 0.2) is 0 Å². The standard InChI is InChI=1S/C18H21ClN4O2/c19-12-7-22-17-13(12)15(11(6-21-17)16(20)24)23-14-9-1-8-2-10(14)5-18(25,3-8)4-9/h6-10,14,25H,1-5H2,(H2,20,24)(H2,21,22,23)/t8?,9-,10+,14?,18?. The molecule has 4 saturated carbocycles. The second-order valence-electron chi connectivity index (χ2n) is 8.14. The number of halogens is 1. The Morgan fingerprint density at radius 1 is 1.36 bits per heavy atom. The van der Waals surface area contributed by atoms with Crippen LogP contribution in [0.5, 0.6) is 0 Å². The number of fused-ring (bicyclic) bond motifs is 1. The van der Waals surface area contributed by atoms with Gasteiger partial charge in [-0.15, -0.1) is 0 Å². The highest BCUT2D eigenvalue weighted by Crippen LogP contribution is 2.56. The molecule has 0 aromatic carbocycles. The fourth-order valence-corrected chi connectivity index (χ4v) is 6.02. The normalized spacial score (nSPS) is 36.1. The van der Waals surface area contributed by atoms with Crippen LogP contribution in [0.1, 0.15) is 42.5 Å². The van der Waals surface area contributed by atoms with Gasteiger partial charge < -0.3 is 21.1 Å². The largest absolute Gasteiger partial charge is 0.390 e. The fraction of sp³-hybridized carbons (Fsp3) is 0.556. The third-order valence-electron chi connectivity index (χ3n) is 6.47. The molecule has 4 fully saturated rings. The van der Waals surface area contributed by atoms with Crippen molar-refractivity contribution in [2.45, 2.75) is 43.7 Å². The van der Waals surface area contributed by atoms with Crippen LogP contribution in [0.3, 0.4) is 0 Å². The van der Waals surface area contributed by atoms with Crippen molar-refractivity contribution < 1.29 is 9.90 Å². The van der Waals surface area contributed by atoms with E-state index in [4.69, 9.17) is 17.3 Å². The van der Waals surface area contributed by atoms with Crippen molar-refractivity contribution in [3.05, 3.63) is 23.0 Å². The van der Waals surface area contributed by atoms with Crippen LogP contribution in [-0.2, 0) is 0 Å². The molecule has 4 aliphatic rings. The number of primary amides is 1. The number of hydrogen-bond acceptors (Lipinski definition) is 4. The molecule has 132 valence electrons. The molecule has 0 aliphatic heterocycles. The topological polar surface area (TPSA) is 104 Å². The number of H-pyrrole nitrogens is 1. The van der Waals surface area contributed by atoms with Crippen LogP contribution in [0.15, 0.2) is 12.4 Å². The van der Waals surface area contributed by atoms with E-state index >= 15 is 0 Å². The van der Waals surface area contributed by atoms with Gasteiger partial charge in [-0.3, -0.25) is 4.79 Å². The van der Waals surface area contributed by atoms with Crippen LogP contribution in [0.25, 0.3) is 11.0 Å². The molecule has 2 heterocycles. The number of nitrogens with zero attached hydrogens (tertiary/aromatic N) is 1. The number of rotatable bonds is 3.